The molecule has 0 amide bonds. The van der Waals surface area contributed by atoms with E-state index < -0.39 is 12.3 Å². The number of fused-ring (bicyclic) bond motifs is 4. The molecule has 3 saturated heterocycles. The first kappa shape index (κ1) is 19.7. The van der Waals surface area contributed by atoms with Gasteiger partial charge in [0.05, 0.1) is 25.3 Å². The van der Waals surface area contributed by atoms with Gasteiger partial charge in [-0.05, 0) is 62.4 Å². The fraction of sp³-hybridized carbons (Fsp3) is 0.478. The van der Waals surface area contributed by atoms with Gasteiger partial charge in [0.25, 0.3) is 0 Å². The van der Waals surface area contributed by atoms with Crippen LogP contribution in [0, 0.1) is 11.8 Å². The van der Waals surface area contributed by atoms with Crippen molar-refractivity contribution in [1.29, 1.82) is 0 Å². The summed E-state index contributed by atoms with van der Waals surface area (Å²) in [6, 6.07) is 7.83. The van der Waals surface area contributed by atoms with Gasteiger partial charge in [-0.2, -0.15) is 0 Å². The fourth-order valence-electron chi connectivity index (χ4n) is 4.82. The van der Waals surface area contributed by atoms with Crippen molar-refractivity contribution in [3.05, 3.63) is 48.7 Å². The third-order valence-electron chi connectivity index (χ3n) is 6.28. The molecule has 3 aliphatic rings. The van der Waals surface area contributed by atoms with Crippen molar-refractivity contribution in [3.63, 3.8) is 0 Å². The lowest BCUT2D eigenvalue weighted by Crippen LogP contribution is -2.55. The Balaban J connectivity index is 1.75. The van der Waals surface area contributed by atoms with Crippen molar-refractivity contribution in [1.82, 2.24) is 9.88 Å². The molecule has 1 aromatic heterocycles. The van der Waals surface area contributed by atoms with Crippen molar-refractivity contribution in [3.8, 4) is 5.75 Å². The summed E-state index contributed by atoms with van der Waals surface area (Å²) in [7, 11) is 1.64. The zero-order valence-corrected chi connectivity index (χ0v) is 17.0. The molecule has 0 aliphatic carbocycles. The van der Waals surface area contributed by atoms with Crippen LogP contribution in [0.15, 0.2) is 43.1 Å². The first-order chi connectivity index (χ1) is 14.1. The van der Waals surface area contributed by atoms with Crippen molar-refractivity contribution in [2.45, 2.75) is 31.9 Å². The lowest BCUT2D eigenvalue weighted by molar-refractivity contribution is -0.0652. The van der Waals surface area contributed by atoms with Crippen LogP contribution in [0.1, 0.15) is 31.4 Å². The summed E-state index contributed by atoms with van der Waals surface area (Å²) in [5, 5.41) is 0.934. The quantitative estimate of drug-likeness (QED) is 0.534. The summed E-state index contributed by atoms with van der Waals surface area (Å²) in [5.74, 6) is 1.81. The van der Waals surface area contributed by atoms with Crippen molar-refractivity contribution >= 4 is 17.1 Å². The Labute approximate surface area is 171 Å². The van der Waals surface area contributed by atoms with E-state index in [2.05, 4.69) is 22.5 Å². The van der Waals surface area contributed by atoms with Gasteiger partial charge in [-0.25, -0.2) is 4.79 Å². The third kappa shape index (κ3) is 3.81. The predicted molar refractivity (Wildman–Crippen MR) is 111 cm³/mol. The predicted octanol–water partition coefficient (Wildman–Crippen LogP) is 4.35. The molecular weight excluding hydrogens is 368 g/mol. The average Bonchev–Trinajstić information content (AvgIpc) is 2.77. The SMILES string of the molecule is C=C[C@@H]1CN2CC[C@H]1C[C@@H]2[C@H](OC(=O)OCC)c1ccnc2ccc(OC)cc12. The lowest BCUT2D eigenvalue weighted by atomic mass is 9.73. The number of hydrogen-bond acceptors (Lipinski definition) is 6. The molecule has 0 spiro atoms. The number of carbonyl (C=O) groups is 1. The molecule has 6 heteroatoms. The number of methoxy groups -OCH3 is 1. The van der Waals surface area contributed by atoms with E-state index in [1.807, 2.05) is 24.3 Å². The molecule has 154 valence electrons. The maximum Gasteiger partial charge on any atom is 0.508 e. The Bertz CT molecular complexity index is 900. The van der Waals surface area contributed by atoms with Gasteiger partial charge in [0.2, 0.25) is 0 Å². The van der Waals surface area contributed by atoms with Gasteiger partial charge in [0, 0.05) is 23.7 Å². The maximum atomic E-state index is 12.3. The summed E-state index contributed by atoms with van der Waals surface area (Å²) in [4.78, 5) is 19.2. The van der Waals surface area contributed by atoms with Crippen LogP contribution in [0.25, 0.3) is 10.9 Å². The number of benzene rings is 1. The van der Waals surface area contributed by atoms with E-state index in [4.69, 9.17) is 14.2 Å². The second-order valence-corrected chi connectivity index (χ2v) is 7.75. The minimum atomic E-state index is -0.631. The van der Waals surface area contributed by atoms with E-state index in [9.17, 15) is 4.79 Å². The monoisotopic (exact) mass is 396 g/mol. The summed E-state index contributed by atoms with van der Waals surface area (Å²) in [6.07, 6.45) is 4.91. The van der Waals surface area contributed by atoms with Crippen molar-refractivity contribution in [2.75, 3.05) is 26.8 Å². The Kier molecular flexibility index (Phi) is 5.72. The van der Waals surface area contributed by atoms with E-state index >= 15 is 0 Å². The number of pyridine rings is 1. The maximum absolute atomic E-state index is 12.3. The highest BCUT2D eigenvalue weighted by atomic mass is 16.7. The van der Waals surface area contributed by atoms with Crippen LogP contribution in [-0.2, 0) is 9.47 Å². The number of nitrogens with zero attached hydrogens (tertiary/aromatic N) is 2. The summed E-state index contributed by atoms with van der Waals surface area (Å²) < 4.78 is 16.5. The molecule has 5 rings (SSSR count). The fourth-order valence-corrected chi connectivity index (χ4v) is 4.82. The van der Waals surface area contributed by atoms with Gasteiger partial charge in [0.15, 0.2) is 0 Å². The number of ether oxygens (including phenoxy) is 3. The number of carbonyl (C=O) groups excluding carboxylic acids is 1. The Morgan fingerprint density at radius 2 is 2.28 bits per heavy atom. The minimum absolute atomic E-state index is 0.103. The van der Waals surface area contributed by atoms with E-state index in [1.54, 1.807) is 20.2 Å². The van der Waals surface area contributed by atoms with Crippen LogP contribution in [-0.4, -0.2) is 48.9 Å². The van der Waals surface area contributed by atoms with Gasteiger partial charge in [-0.1, -0.05) is 6.08 Å². The van der Waals surface area contributed by atoms with Crippen LogP contribution in [0.4, 0.5) is 4.79 Å². The average molecular weight is 396 g/mol. The van der Waals surface area contributed by atoms with Gasteiger partial charge in [-0.3, -0.25) is 9.88 Å². The molecule has 1 aromatic carbocycles. The zero-order chi connectivity index (χ0) is 20.4. The van der Waals surface area contributed by atoms with Gasteiger partial charge in [0.1, 0.15) is 11.9 Å². The third-order valence-corrected chi connectivity index (χ3v) is 6.28. The van der Waals surface area contributed by atoms with Crippen molar-refractivity contribution < 1.29 is 19.0 Å². The lowest BCUT2D eigenvalue weighted by Gasteiger charge is -2.51. The molecule has 6 nitrogen and oxygen atoms in total. The molecule has 0 saturated carbocycles. The highest BCUT2D eigenvalue weighted by Crippen LogP contribution is 2.43. The molecule has 5 atom stereocenters. The summed E-state index contributed by atoms with van der Waals surface area (Å²) >= 11 is 0. The molecular formula is C23H28N2O4. The molecule has 2 aromatic rings. The number of rotatable bonds is 6. The van der Waals surface area contributed by atoms with Crippen LogP contribution in [0.3, 0.4) is 0 Å². The van der Waals surface area contributed by atoms with Gasteiger partial charge in [-0.15, -0.1) is 6.58 Å². The van der Waals surface area contributed by atoms with Crippen LogP contribution < -0.4 is 4.74 Å². The van der Waals surface area contributed by atoms with E-state index in [0.29, 0.717) is 11.8 Å². The Morgan fingerprint density at radius 3 is 2.97 bits per heavy atom. The Morgan fingerprint density at radius 1 is 1.41 bits per heavy atom. The normalized spacial score (nSPS) is 26.7. The zero-order valence-electron chi connectivity index (χ0n) is 17.0. The molecule has 1 unspecified atom stereocenters. The second-order valence-electron chi connectivity index (χ2n) is 7.75. The van der Waals surface area contributed by atoms with Gasteiger partial charge >= 0.3 is 6.16 Å². The minimum Gasteiger partial charge on any atom is -0.497 e. The first-order valence-corrected chi connectivity index (χ1v) is 10.3. The number of hydrogen-bond donors (Lipinski definition) is 0. The molecule has 3 fully saturated rings. The molecule has 3 aliphatic heterocycles. The van der Waals surface area contributed by atoms with E-state index in [0.717, 1.165) is 48.1 Å². The van der Waals surface area contributed by atoms with E-state index in [-0.39, 0.29) is 12.6 Å². The highest BCUT2D eigenvalue weighted by molar-refractivity contribution is 5.84. The Hall–Kier alpha value is -2.60. The molecule has 0 N–H and O–H groups in total. The molecule has 29 heavy (non-hydrogen) atoms. The topological polar surface area (TPSA) is 60.9 Å². The second kappa shape index (κ2) is 8.41. The molecule has 0 radical (unpaired) electrons. The van der Waals surface area contributed by atoms with Crippen LogP contribution in [0.2, 0.25) is 0 Å². The van der Waals surface area contributed by atoms with Gasteiger partial charge < -0.3 is 14.2 Å². The summed E-state index contributed by atoms with van der Waals surface area (Å²) in [6.45, 7) is 8.04. The standard InChI is InChI=1S/C23H28N2O4/c1-4-15-14-25-11-9-16(15)12-21(25)22(29-23(26)28-5-2)18-8-10-24-20-7-6-17(27-3)13-19(18)20/h4,6-8,10,13,15-16,21-22H,1,5,9,11-12,14H2,2-3H3/t15-,16+,21-,22-/m1/s1. The number of aromatic nitrogens is 1. The first-order valence-electron chi connectivity index (χ1n) is 10.3. The summed E-state index contributed by atoms with van der Waals surface area (Å²) in [5.41, 5.74) is 1.79. The van der Waals surface area contributed by atoms with Crippen LogP contribution >= 0.6 is 0 Å². The molecule has 4 heterocycles. The highest BCUT2D eigenvalue weighted by Gasteiger charge is 2.44. The van der Waals surface area contributed by atoms with Crippen LogP contribution in [0.5, 0.6) is 5.75 Å². The smallest absolute Gasteiger partial charge is 0.497 e. The largest absolute Gasteiger partial charge is 0.508 e. The van der Waals surface area contributed by atoms with E-state index in [1.165, 1.54) is 0 Å². The molecule has 2 bridgehead atoms. The van der Waals surface area contributed by atoms with Crippen molar-refractivity contribution in [2.24, 2.45) is 11.8 Å². The number of piperidine rings is 3.